The van der Waals surface area contributed by atoms with E-state index in [9.17, 15) is 0 Å². The zero-order valence-electron chi connectivity index (χ0n) is 10.5. The summed E-state index contributed by atoms with van der Waals surface area (Å²) < 4.78 is 5.21. The van der Waals surface area contributed by atoms with Gasteiger partial charge in [0.1, 0.15) is 0 Å². The Labute approximate surface area is 104 Å². The van der Waals surface area contributed by atoms with Crippen LogP contribution in [0.25, 0.3) is 0 Å². The first-order chi connectivity index (χ1) is 8.40. The Kier molecular flexibility index (Phi) is 4.63. The lowest BCUT2D eigenvalue weighted by Gasteiger charge is -2.20. The topological polar surface area (TPSA) is 21.3 Å². The lowest BCUT2D eigenvalue weighted by Crippen LogP contribution is -2.16. The van der Waals surface area contributed by atoms with Gasteiger partial charge in [-0.1, -0.05) is 30.4 Å². The van der Waals surface area contributed by atoms with Crippen LogP contribution < -0.4 is 5.32 Å². The molecule has 0 amide bonds. The van der Waals surface area contributed by atoms with Crippen molar-refractivity contribution in [3.05, 3.63) is 42.0 Å². The maximum atomic E-state index is 5.21. The molecule has 0 heterocycles. The molecule has 1 unspecified atom stereocenters. The number of nitrogens with one attached hydrogen (secondary N) is 1. The molecular weight excluding hydrogens is 210 g/mol. The van der Waals surface area contributed by atoms with E-state index in [2.05, 4.69) is 41.7 Å². The molecule has 2 nitrogen and oxygen atoms in total. The van der Waals surface area contributed by atoms with Crippen LogP contribution in [-0.2, 0) is 11.3 Å². The second-order valence-corrected chi connectivity index (χ2v) is 4.62. The molecule has 0 bridgehead atoms. The minimum Gasteiger partial charge on any atom is -0.384 e. The average molecular weight is 231 g/mol. The van der Waals surface area contributed by atoms with Crippen LogP contribution in [0, 0.1) is 5.92 Å². The van der Waals surface area contributed by atoms with Gasteiger partial charge in [-0.25, -0.2) is 0 Å². The van der Waals surface area contributed by atoms with Crippen molar-refractivity contribution in [1.29, 1.82) is 0 Å². The molecule has 2 rings (SSSR count). The fourth-order valence-electron chi connectivity index (χ4n) is 2.27. The Bertz CT molecular complexity index is 373. The van der Waals surface area contributed by atoms with Gasteiger partial charge in [0, 0.05) is 24.9 Å². The van der Waals surface area contributed by atoms with E-state index >= 15 is 0 Å². The van der Waals surface area contributed by atoms with Crippen molar-refractivity contribution in [3.63, 3.8) is 0 Å². The standard InChI is InChI=1S/C15H21NO/c1-17-12-14-9-5-6-10-15(14)16-11-13-7-3-2-4-8-13/h2-3,5-6,9-10,13,16H,4,7-8,11-12H2,1H3. The summed E-state index contributed by atoms with van der Waals surface area (Å²) in [6, 6.07) is 8.38. The fraction of sp³-hybridized carbons (Fsp3) is 0.467. The van der Waals surface area contributed by atoms with Crippen molar-refractivity contribution in [2.24, 2.45) is 5.92 Å². The smallest absolute Gasteiger partial charge is 0.0733 e. The van der Waals surface area contributed by atoms with Crippen molar-refractivity contribution in [1.82, 2.24) is 0 Å². The lowest BCUT2D eigenvalue weighted by atomic mass is 9.94. The van der Waals surface area contributed by atoms with E-state index in [1.54, 1.807) is 7.11 Å². The van der Waals surface area contributed by atoms with E-state index in [0.717, 1.165) is 12.5 Å². The Balaban J connectivity index is 1.91. The van der Waals surface area contributed by atoms with Crippen LogP contribution in [0.3, 0.4) is 0 Å². The lowest BCUT2D eigenvalue weighted by molar-refractivity contribution is 0.185. The van der Waals surface area contributed by atoms with Gasteiger partial charge in [-0.3, -0.25) is 0 Å². The molecule has 0 fully saturated rings. The summed E-state index contributed by atoms with van der Waals surface area (Å²) >= 11 is 0. The zero-order chi connectivity index (χ0) is 11.9. The first-order valence-electron chi connectivity index (χ1n) is 6.36. The minimum atomic E-state index is 0.674. The second kappa shape index (κ2) is 6.45. The third kappa shape index (κ3) is 3.60. The quantitative estimate of drug-likeness (QED) is 0.782. The number of allylic oxidation sites excluding steroid dienone is 2. The number of ether oxygens (including phenoxy) is 1. The molecule has 92 valence electrons. The molecule has 1 aromatic carbocycles. The highest BCUT2D eigenvalue weighted by atomic mass is 16.5. The monoisotopic (exact) mass is 231 g/mol. The molecule has 0 aromatic heterocycles. The molecule has 1 aliphatic rings. The van der Waals surface area contributed by atoms with E-state index < -0.39 is 0 Å². The van der Waals surface area contributed by atoms with Crippen LogP contribution in [0.2, 0.25) is 0 Å². The van der Waals surface area contributed by atoms with E-state index in [-0.39, 0.29) is 0 Å². The number of para-hydroxylation sites is 1. The first kappa shape index (κ1) is 12.2. The normalized spacial score (nSPS) is 19.2. The number of benzene rings is 1. The number of hydrogen-bond acceptors (Lipinski definition) is 2. The Morgan fingerprint density at radius 2 is 2.18 bits per heavy atom. The number of hydrogen-bond donors (Lipinski definition) is 1. The van der Waals surface area contributed by atoms with Crippen LogP contribution in [0.4, 0.5) is 5.69 Å². The zero-order valence-corrected chi connectivity index (χ0v) is 10.5. The van der Waals surface area contributed by atoms with Crippen molar-refractivity contribution < 1.29 is 4.74 Å². The predicted molar refractivity (Wildman–Crippen MR) is 72.1 cm³/mol. The fourth-order valence-corrected chi connectivity index (χ4v) is 2.27. The van der Waals surface area contributed by atoms with Gasteiger partial charge in [-0.05, 0) is 31.2 Å². The molecule has 0 radical (unpaired) electrons. The molecule has 0 aliphatic heterocycles. The first-order valence-corrected chi connectivity index (χ1v) is 6.36. The van der Waals surface area contributed by atoms with E-state index in [0.29, 0.717) is 6.61 Å². The van der Waals surface area contributed by atoms with E-state index in [1.807, 2.05) is 0 Å². The second-order valence-electron chi connectivity index (χ2n) is 4.62. The molecule has 1 aliphatic carbocycles. The highest BCUT2D eigenvalue weighted by Crippen LogP contribution is 2.21. The van der Waals surface area contributed by atoms with Gasteiger partial charge in [-0.15, -0.1) is 0 Å². The van der Waals surface area contributed by atoms with Crippen molar-refractivity contribution >= 4 is 5.69 Å². The van der Waals surface area contributed by atoms with Gasteiger partial charge >= 0.3 is 0 Å². The summed E-state index contributed by atoms with van der Waals surface area (Å²) in [5.74, 6) is 0.774. The summed E-state index contributed by atoms with van der Waals surface area (Å²) in [6.07, 6.45) is 8.33. The van der Waals surface area contributed by atoms with Crippen LogP contribution >= 0.6 is 0 Å². The van der Waals surface area contributed by atoms with Gasteiger partial charge in [-0.2, -0.15) is 0 Å². The average Bonchev–Trinajstić information content (AvgIpc) is 2.39. The molecule has 0 saturated carbocycles. The highest BCUT2D eigenvalue weighted by Gasteiger charge is 2.10. The van der Waals surface area contributed by atoms with Crippen molar-refractivity contribution in [2.75, 3.05) is 19.0 Å². The van der Waals surface area contributed by atoms with Gasteiger partial charge in [0.15, 0.2) is 0 Å². The van der Waals surface area contributed by atoms with E-state index in [4.69, 9.17) is 4.74 Å². The number of anilines is 1. The maximum absolute atomic E-state index is 5.21. The van der Waals surface area contributed by atoms with Gasteiger partial charge in [0.05, 0.1) is 6.61 Å². The third-order valence-electron chi connectivity index (χ3n) is 3.28. The predicted octanol–water partition coefficient (Wildman–Crippen LogP) is 3.60. The largest absolute Gasteiger partial charge is 0.384 e. The van der Waals surface area contributed by atoms with E-state index in [1.165, 1.54) is 30.5 Å². The molecule has 1 aromatic rings. The van der Waals surface area contributed by atoms with Gasteiger partial charge < -0.3 is 10.1 Å². The van der Waals surface area contributed by atoms with Gasteiger partial charge in [0.2, 0.25) is 0 Å². The van der Waals surface area contributed by atoms with Gasteiger partial charge in [0.25, 0.3) is 0 Å². The summed E-state index contributed by atoms with van der Waals surface area (Å²) in [5.41, 5.74) is 2.45. The SMILES string of the molecule is COCc1ccccc1NCC1CC=CCC1. The van der Waals surface area contributed by atoms with Crippen LogP contribution in [0.5, 0.6) is 0 Å². The molecule has 0 spiro atoms. The Morgan fingerprint density at radius 3 is 2.94 bits per heavy atom. The number of rotatable bonds is 5. The Hall–Kier alpha value is -1.28. The van der Waals surface area contributed by atoms with Crippen molar-refractivity contribution in [2.45, 2.75) is 25.9 Å². The summed E-state index contributed by atoms with van der Waals surface area (Å²) in [6.45, 7) is 1.73. The minimum absolute atomic E-state index is 0.674. The maximum Gasteiger partial charge on any atom is 0.0733 e. The molecular formula is C15H21NO. The summed E-state index contributed by atoms with van der Waals surface area (Å²) in [4.78, 5) is 0. The van der Waals surface area contributed by atoms with Crippen LogP contribution in [0.1, 0.15) is 24.8 Å². The van der Waals surface area contributed by atoms with Crippen LogP contribution in [-0.4, -0.2) is 13.7 Å². The Morgan fingerprint density at radius 1 is 1.29 bits per heavy atom. The molecule has 1 N–H and O–H groups in total. The highest BCUT2D eigenvalue weighted by molar-refractivity contribution is 5.50. The van der Waals surface area contributed by atoms with Crippen LogP contribution in [0.15, 0.2) is 36.4 Å². The van der Waals surface area contributed by atoms with Crippen molar-refractivity contribution in [3.8, 4) is 0 Å². The molecule has 17 heavy (non-hydrogen) atoms. The summed E-state index contributed by atoms with van der Waals surface area (Å²) in [7, 11) is 1.74. The molecule has 2 heteroatoms. The summed E-state index contributed by atoms with van der Waals surface area (Å²) in [5, 5.41) is 3.55. The molecule has 1 atom stereocenters. The molecule has 0 saturated heterocycles. The number of methoxy groups -OCH3 is 1. The third-order valence-corrected chi connectivity index (χ3v) is 3.28.